The standard InChI is InChI=1S/C30H27BrN4O2S/c1-20-15-25(21(2)35(20)27-10-6-9-26(31)16-27)17-32-33-29(37)23-11-13-24(14-12-23)30-34(28(36)19-38-30)18-22-7-4-3-5-8-22/h3-17,30H,18-19H2,1-2H3,(H,33,37)/b32-17-/t30-/m0/s1. The monoisotopic (exact) mass is 586 g/mol. The zero-order valence-electron chi connectivity index (χ0n) is 21.1. The van der Waals surface area contributed by atoms with E-state index in [1.54, 1.807) is 30.1 Å². The van der Waals surface area contributed by atoms with E-state index in [1.807, 2.05) is 79.4 Å². The molecule has 0 bridgehead atoms. The van der Waals surface area contributed by atoms with Crippen LogP contribution in [0.4, 0.5) is 0 Å². The number of thioether (sulfide) groups is 1. The van der Waals surface area contributed by atoms with Gasteiger partial charge in [0.25, 0.3) is 5.91 Å². The lowest BCUT2D eigenvalue weighted by Crippen LogP contribution is -2.27. The van der Waals surface area contributed by atoms with Crippen molar-refractivity contribution >= 4 is 45.7 Å². The molecule has 6 nitrogen and oxygen atoms in total. The highest BCUT2D eigenvalue weighted by Crippen LogP contribution is 2.39. The van der Waals surface area contributed by atoms with E-state index in [9.17, 15) is 9.59 Å². The summed E-state index contributed by atoms with van der Waals surface area (Å²) in [6, 6.07) is 27.5. The van der Waals surface area contributed by atoms with E-state index in [-0.39, 0.29) is 17.2 Å². The summed E-state index contributed by atoms with van der Waals surface area (Å²) < 4.78 is 3.16. The number of nitrogens with zero attached hydrogens (tertiary/aromatic N) is 3. The van der Waals surface area contributed by atoms with E-state index >= 15 is 0 Å². The molecular formula is C30H27BrN4O2S. The van der Waals surface area contributed by atoms with Crippen molar-refractivity contribution in [3.63, 3.8) is 0 Å². The number of hydrogen-bond acceptors (Lipinski definition) is 4. The first kappa shape index (κ1) is 26.0. The predicted molar refractivity (Wildman–Crippen MR) is 157 cm³/mol. The van der Waals surface area contributed by atoms with Crippen LogP contribution in [0.15, 0.2) is 94.5 Å². The average molecular weight is 588 g/mol. The van der Waals surface area contributed by atoms with Crippen LogP contribution in [0.1, 0.15) is 43.8 Å². The minimum atomic E-state index is -0.287. The summed E-state index contributed by atoms with van der Waals surface area (Å²) in [5.74, 6) is 0.292. The summed E-state index contributed by atoms with van der Waals surface area (Å²) in [6.07, 6.45) is 1.67. The summed E-state index contributed by atoms with van der Waals surface area (Å²) >= 11 is 5.14. The van der Waals surface area contributed by atoms with Crippen LogP contribution in [-0.2, 0) is 11.3 Å². The second kappa shape index (κ2) is 11.4. The first-order valence-electron chi connectivity index (χ1n) is 12.2. The van der Waals surface area contributed by atoms with E-state index in [0.717, 1.165) is 38.2 Å². The Labute approximate surface area is 234 Å². The van der Waals surface area contributed by atoms with Crippen molar-refractivity contribution < 1.29 is 9.59 Å². The smallest absolute Gasteiger partial charge is 0.271 e. The summed E-state index contributed by atoms with van der Waals surface area (Å²) in [4.78, 5) is 27.2. The topological polar surface area (TPSA) is 66.7 Å². The molecule has 8 heteroatoms. The fourth-order valence-electron chi connectivity index (χ4n) is 4.64. The van der Waals surface area contributed by atoms with Gasteiger partial charge in [0.05, 0.1) is 12.0 Å². The molecule has 1 N–H and O–H groups in total. The SMILES string of the molecule is Cc1cc(/C=N\NC(=O)c2ccc([C@@H]3SCC(=O)N3Cc3ccccc3)cc2)c(C)n1-c1cccc(Br)c1. The van der Waals surface area contributed by atoms with Gasteiger partial charge in [0.2, 0.25) is 5.91 Å². The van der Waals surface area contributed by atoms with Crippen molar-refractivity contribution in [3.8, 4) is 5.69 Å². The molecule has 1 fully saturated rings. The summed E-state index contributed by atoms with van der Waals surface area (Å²) in [7, 11) is 0. The van der Waals surface area contributed by atoms with Gasteiger partial charge in [-0.1, -0.05) is 64.5 Å². The molecule has 1 saturated heterocycles. The number of rotatable bonds is 7. The maximum atomic E-state index is 12.7. The molecule has 1 aromatic heterocycles. The summed E-state index contributed by atoms with van der Waals surface area (Å²) in [5, 5.41) is 4.14. The maximum absolute atomic E-state index is 12.7. The van der Waals surface area contributed by atoms with Gasteiger partial charge in [-0.15, -0.1) is 11.8 Å². The number of benzene rings is 3. The van der Waals surface area contributed by atoms with Gasteiger partial charge in [0, 0.05) is 39.2 Å². The molecule has 4 aromatic rings. The molecule has 2 heterocycles. The first-order chi connectivity index (χ1) is 18.4. The third-order valence-electron chi connectivity index (χ3n) is 6.53. The van der Waals surface area contributed by atoms with Gasteiger partial charge < -0.3 is 9.47 Å². The van der Waals surface area contributed by atoms with Gasteiger partial charge in [0.1, 0.15) is 5.37 Å². The third kappa shape index (κ3) is 5.61. The van der Waals surface area contributed by atoms with Gasteiger partial charge >= 0.3 is 0 Å². The number of aryl methyl sites for hydroxylation is 1. The van der Waals surface area contributed by atoms with Crippen molar-refractivity contribution in [1.82, 2.24) is 14.9 Å². The zero-order valence-corrected chi connectivity index (χ0v) is 23.5. The van der Waals surface area contributed by atoms with Crippen LogP contribution >= 0.6 is 27.7 Å². The molecule has 0 spiro atoms. The van der Waals surface area contributed by atoms with E-state index < -0.39 is 0 Å². The molecule has 0 saturated carbocycles. The molecule has 0 radical (unpaired) electrons. The number of carbonyl (C=O) groups excluding carboxylic acids is 2. The minimum Gasteiger partial charge on any atom is -0.322 e. The van der Waals surface area contributed by atoms with Crippen molar-refractivity contribution in [2.75, 3.05) is 5.75 Å². The Bertz CT molecular complexity index is 1500. The van der Waals surface area contributed by atoms with E-state index in [2.05, 4.69) is 43.2 Å². The molecule has 2 amide bonds. The average Bonchev–Trinajstić information content (AvgIpc) is 3.42. The molecule has 3 aromatic carbocycles. The molecule has 5 rings (SSSR count). The molecular weight excluding hydrogens is 560 g/mol. The number of amides is 2. The van der Waals surface area contributed by atoms with Crippen molar-refractivity contribution in [2.45, 2.75) is 25.8 Å². The van der Waals surface area contributed by atoms with E-state index in [0.29, 0.717) is 17.9 Å². The van der Waals surface area contributed by atoms with Crippen LogP contribution in [0, 0.1) is 13.8 Å². The lowest BCUT2D eigenvalue weighted by atomic mass is 10.1. The Morgan fingerprint density at radius 3 is 2.55 bits per heavy atom. The number of aromatic nitrogens is 1. The molecule has 1 aliphatic heterocycles. The van der Waals surface area contributed by atoms with Crippen LogP contribution in [-0.4, -0.2) is 33.2 Å². The van der Waals surface area contributed by atoms with Crippen LogP contribution in [0.25, 0.3) is 5.69 Å². The Morgan fingerprint density at radius 1 is 1.05 bits per heavy atom. The number of nitrogens with one attached hydrogen (secondary N) is 1. The quantitative estimate of drug-likeness (QED) is 0.201. The highest BCUT2D eigenvalue weighted by atomic mass is 79.9. The van der Waals surface area contributed by atoms with Crippen molar-refractivity contribution in [3.05, 3.63) is 123 Å². The van der Waals surface area contributed by atoms with E-state index in [4.69, 9.17) is 0 Å². The fraction of sp³-hybridized carbons (Fsp3) is 0.167. The minimum absolute atomic E-state index is 0.0710. The lowest BCUT2D eigenvalue weighted by molar-refractivity contribution is -0.128. The largest absolute Gasteiger partial charge is 0.322 e. The Morgan fingerprint density at radius 2 is 1.82 bits per heavy atom. The lowest BCUT2D eigenvalue weighted by Gasteiger charge is -2.24. The Balaban J connectivity index is 1.24. The van der Waals surface area contributed by atoms with Crippen LogP contribution in [0.2, 0.25) is 0 Å². The maximum Gasteiger partial charge on any atom is 0.271 e. The second-order valence-electron chi connectivity index (χ2n) is 9.13. The van der Waals surface area contributed by atoms with E-state index in [1.165, 1.54) is 0 Å². The van der Waals surface area contributed by atoms with Gasteiger partial charge in [-0.3, -0.25) is 9.59 Å². The van der Waals surface area contributed by atoms with Gasteiger partial charge in [-0.25, -0.2) is 5.43 Å². The number of hydrogen-bond donors (Lipinski definition) is 1. The van der Waals surface area contributed by atoms with Crippen LogP contribution in [0.5, 0.6) is 0 Å². The molecule has 0 aliphatic carbocycles. The molecule has 1 atom stereocenters. The zero-order chi connectivity index (χ0) is 26.6. The van der Waals surface area contributed by atoms with Gasteiger partial charge in [-0.2, -0.15) is 5.10 Å². The third-order valence-corrected chi connectivity index (χ3v) is 8.28. The first-order valence-corrected chi connectivity index (χ1v) is 14.1. The second-order valence-corrected chi connectivity index (χ2v) is 11.1. The summed E-state index contributed by atoms with van der Waals surface area (Å²) in [6.45, 7) is 4.64. The normalized spacial score (nSPS) is 15.4. The number of hydrazone groups is 1. The van der Waals surface area contributed by atoms with Gasteiger partial charge in [0.15, 0.2) is 0 Å². The molecule has 1 aliphatic rings. The van der Waals surface area contributed by atoms with Gasteiger partial charge in [-0.05, 0) is 61.4 Å². The summed E-state index contributed by atoms with van der Waals surface area (Å²) in [5.41, 5.74) is 9.34. The highest BCUT2D eigenvalue weighted by molar-refractivity contribution is 9.10. The van der Waals surface area contributed by atoms with Crippen LogP contribution in [0.3, 0.4) is 0 Å². The molecule has 0 unspecified atom stereocenters. The van der Waals surface area contributed by atoms with Crippen LogP contribution < -0.4 is 5.43 Å². The highest BCUT2D eigenvalue weighted by Gasteiger charge is 2.32. The number of halogens is 1. The van der Waals surface area contributed by atoms with Crippen molar-refractivity contribution in [1.29, 1.82) is 0 Å². The van der Waals surface area contributed by atoms with Crippen molar-refractivity contribution in [2.24, 2.45) is 5.10 Å². The molecule has 192 valence electrons. The number of carbonyl (C=O) groups is 2. The predicted octanol–water partition coefficient (Wildman–Crippen LogP) is 6.39. The fourth-order valence-corrected chi connectivity index (χ4v) is 6.21. The molecule has 38 heavy (non-hydrogen) atoms. The Hall–Kier alpha value is -3.62. The Kier molecular flexibility index (Phi) is 7.81.